The van der Waals surface area contributed by atoms with E-state index in [2.05, 4.69) is 15.3 Å². The lowest BCUT2D eigenvalue weighted by atomic mass is 9.95. The van der Waals surface area contributed by atoms with Crippen molar-refractivity contribution < 1.29 is 23.9 Å². The van der Waals surface area contributed by atoms with Crippen molar-refractivity contribution in [1.29, 1.82) is 0 Å². The Labute approximate surface area is 221 Å². The number of esters is 1. The number of ether oxygens (including phenoxy) is 1. The average Bonchev–Trinajstić information content (AvgIpc) is 3.49. The molecule has 2 aliphatic rings. The Morgan fingerprint density at radius 3 is 2.84 bits per heavy atom. The summed E-state index contributed by atoms with van der Waals surface area (Å²) in [5, 5.41) is 3.23. The lowest BCUT2D eigenvalue weighted by molar-refractivity contribution is -0.145. The Morgan fingerprint density at radius 1 is 1.29 bits per heavy atom. The van der Waals surface area contributed by atoms with Gasteiger partial charge in [-0.2, -0.15) is 0 Å². The number of nitrogens with two attached hydrogens (primary N) is 1. The minimum Gasteiger partial charge on any atom is -0.469 e. The molecule has 0 saturated carbocycles. The zero-order valence-corrected chi connectivity index (χ0v) is 21.5. The molecular weight excluding hydrogens is 510 g/mol. The van der Waals surface area contributed by atoms with E-state index in [4.69, 9.17) is 10.5 Å². The predicted molar refractivity (Wildman–Crippen MR) is 139 cm³/mol. The van der Waals surface area contributed by atoms with Crippen LogP contribution in [-0.4, -0.2) is 65.1 Å². The zero-order valence-electron chi connectivity index (χ0n) is 20.7. The average molecular weight is 538 g/mol. The van der Waals surface area contributed by atoms with E-state index in [1.165, 1.54) is 18.4 Å². The van der Waals surface area contributed by atoms with Crippen LogP contribution in [0, 0.1) is 5.92 Å². The lowest BCUT2D eigenvalue weighted by Crippen LogP contribution is -2.51. The van der Waals surface area contributed by atoms with Crippen molar-refractivity contribution in [3.63, 3.8) is 0 Å². The topological polar surface area (TPSA) is 165 Å². The smallest absolute Gasteiger partial charge is 0.309 e. The van der Waals surface area contributed by atoms with E-state index in [1.807, 2.05) is 23.1 Å². The minimum absolute atomic E-state index is 0.0762. The number of carbonyl (C=O) groups is 4. The van der Waals surface area contributed by atoms with Crippen LogP contribution in [0.2, 0.25) is 0 Å². The Kier molecular flexibility index (Phi) is 7.19. The number of thiophene rings is 1. The van der Waals surface area contributed by atoms with Crippen LogP contribution in [0.25, 0.3) is 10.2 Å². The highest BCUT2D eigenvalue weighted by Gasteiger charge is 2.33. The van der Waals surface area contributed by atoms with E-state index in [1.54, 1.807) is 0 Å². The van der Waals surface area contributed by atoms with Gasteiger partial charge < -0.3 is 30.4 Å². The van der Waals surface area contributed by atoms with Gasteiger partial charge >= 0.3 is 5.97 Å². The van der Waals surface area contributed by atoms with E-state index >= 15 is 0 Å². The van der Waals surface area contributed by atoms with Gasteiger partial charge in [0.25, 0.3) is 11.5 Å². The molecule has 3 unspecified atom stereocenters. The summed E-state index contributed by atoms with van der Waals surface area (Å²) in [6, 6.07) is 4.29. The van der Waals surface area contributed by atoms with Gasteiger partial charge in [0.1, 0.15) is 17.4 Å². The number of carbonyl (C=O) groups excluding carboxylic acids is 4. The van der Waals surface area contributed by atoms with E-state index in [0.717, 1.165) is 27.1 Å². The molecule has 0 fully saturated rings. The second-order valence-electron chi connectivity index (χ2n) is 9.57. The number of fused-ring (bicyclic) bond motifs is 4. The van der Waals surface area contributed by atoms with Crippen LogP contribution in [0.3, 0.4) is 0 Å². The summed E-state index contributed by atoms with van der Waals surface area (Å²) < 4.78 is 4.83. The molecule has 4 N–H and O–H groups in total. The maximum atomic E-state index is 12.9. The quantitative estimate of drug-likeness (QED) is 0.270. The second-order valence-corrected chi connectivity index (χ2v) is 10.7. The fraction of sp³-hybridized carbons (Fsp3) is 0.385. The highest BCUT2D eigenvalue weighted by atomic mass is 32.1. The molecule has 1 aliphatic heterocycles. The van der Waals surface area contributed by atoms with Crippen LogP contribution >= 0.6 is 11.3 Å². The number of aromatic nitrogens is 2. The number of aldehydes is 2. The molecule has 0 radical (unpaired) electrons. The number of hydrogen-bond acceptors (Lipinski definition) is 10. The number of amides is 1. The van der Waals surface area contributed by atoms with Gasteiger partial charge in [-0.15, -0.1) is 11.3 Å². The normalized spacial score (nSPS) is 18.3. The van der Waals surface area contributed by atoms with Gasteiger partial charge in [-0.25, -0.2) is 4.98 Å². The molecule has 3 heterocycles. The fourth-order valence-corrected chi connectivity index (χ4v) is 6.52. The van der Waals surface area contributed by atoms with Crippen molar-refractivity contribution in [1.82, 2.24) is 20.2 Å². The summed E-state index contributed by atoms with van der Waals surface area (Å²) >= 11 is 1.32. The Balaban J connectivity index is 1.28. The number of rotatable bonds is 8. The molecule has 1 aliphatic carbocycles. The van der Waals surface area contributed by atoms with Gasteiger partial charge in [-0.1, -0.05) is 18.2 Å². The molecule has 12 heteroatoms. The van der Waals surface area contributed by atoms with Crippen LogP contribution in [0.5, 0.6) is 0 Å². The molecule has 5 rings (SSSR count). The maximum absolute atomic E-state index is 12.9. The van der Waals surface area contributed by atoms with Gasteiger partial charge in [-0.3, -0.25) is 19.3 Å². The summed E-state index contributed by atoms with van der Waals surface area (Å²) in [4.78, 5) is 70.5. The van der Waals surface area contributed by atoms with Gasteiger partial charge in [0, 0.05) is 24.5 Å². The van der Waals surface area contributed by atoms with Crippen LogP contribution in [-0.2, 0) is 51.5 Å². The maximum Gasteiger partial charge on any atom is 0.309 e. The Hall–Kier alpha value is -3.74. The minimum atomic E-state index is -0.887. The molecular formula is C26H27N5O6S. The lowest BCUT2D eigenvalue weighted by Gasteiger charge is -2.34. The highest BCUT2D eigenvalue weighted by Crippen LogP contribution is 2.37. The number of nitrogens with one attached hydrogen (secondary N) is 2. The SMILES string of the molecule is COC(=O)C1Cc2sc3nc(C(=O)NCc4ccc5c(c4)CN(C(C=O)C(N)C=O)CC5)[nH]c(=O)c3c2C1. The number of H-pyrrole nitrogens is 1. The number of methoxy groups -OCH3 is 1. The largest absolute Gasteiger partial charge is 0.469 e. The zero-order chi connectivity index (χ0) is 27.0. The third-order valence-corrected chi connectivity index (χ3v) is 8.40. The van der Waals surface area contributed by atoms with Gasteiger partial charge in [0.05, 0.1) is 30.5 Å². The Bertz CT molecular complexity index is 1500. The van der Waals surface area contributed by atoms with Crippen LogP contribution in [0.15, 0.2) is 23.0 Å². The third kappa shape index (κ3) is 4.77. The van der Waals surface area contributed by atoms with Gasteiger partial charge in [-0.05, 0) is 41.5 Å². The standard InChI is InChI=1S/C26H27N5O6S/c1-37-26(36)15-7-17-20(8-15)38-25-21(17)23(34)29-22(30-25)24(35)28-9-13-2-3-14-4-5-31(10-16(14)6-13)19(12-33)18(27)11-32/h2-3,6,11-12,15,18-19H,4-5,7-10,27H2,1H3,(H,28,35)(H,29,30,34). The van der Waals surface area contributed by atoms with Crippen molar-refractivity contribution in [2.45, 2.75) is 44.4 Å². The van der Waals surface area contributed by atoms with E-state index in [9.17, 15) is 24.0 Å². The van der Waals surface area contributed by atoms with Crippen molar-refractivity contribution in [2.24, 2.45) is 11.7 Å². The van der Waals surface area contributed by atoms with Crippen LogP contribution in [0.4, 0.5) is 0 Å². The summed E-state index contributed by atoms with van der Waals surface area (Å²) in [6.07, 6.45) is 2.92. The van der Waals surface area contributed by atoms with Crippen LogP contribution < -0.4 is 16.6 Å². The molecule has 11 nitrogen and oxygen atoms in total. The summed E-state index contributed by atoms with van der Waals surface area (Å²) in [7, 11) is 1.35. The monoisotopic (exact) mass is 537 g/mol. The second kappa shape index (κ2) is 10.6. The molecule has 38 heavy (non-hydrogen) atoms. The summed E-state index contributed by atoms with van der Waals surface area (Å²) in [5.74, 6) is -1.19. The molecule has 1 aromatic carbocycles. The predicted octanol–water partition coefficient (Wildman–Crippen LogP) is 0.254. The molecule has 0 saturated heterocycles. The summed E-state index contributed by atoms with van der Waals surface area (Å²) in [6.45, 7) is 1.29. The first-order chi connectivity index (χ1) is 18.3. The fourth-order valence-electron chi connectivity index (χ4n) is 5.24. The summed E-state index contributed by atoms with van der Waals surface area (Å²) in [5.41, 5.74) is 9.17. The van der Waals surface area contributed by atoms with Crippen molar-refractivity contribution >= 4 is 46.0 Å². The number of nitrogens with zero attached hydrogens (tertiary/aromatic N) is 2. The molecule has 0 spiro atoms. The first-order valence-electron chi connectivity index (χ1n) is 12.2. The molecule has 3 aromatic rings. The number of benzene rings is 1. The van der Waals surface area contributed by atoms with E-state index < -0.39 is 23.6 Å². The van der Waals surface area contributed by atoms with Crippen molar-refractivity contribution in [2.75, 3.05) is 13.7 Å². The number of aromatic amines is 1. The van der Waals surface area contributed by atoms with Gasteiger partial charge in [0.15, 0.2) is 0 Å². The van der Waals surface area contributed by atoms with Crippen LogP contribution in [0.1, 0.15) is 37.7 Å². The molecule has 1 amide bonds. The molecule has 2 aromatic heterocycles. The number of hydrogen-bond donors (Lipinski definition) is 3. The van der Waals surface area contributed by atoms with E-state index in [-0.39, 0.29) is 24.3 Å². The molecule has 3 atom stereocenters. The molecule has 0 bridgehead atoms. The van der Waals surface area contributed by atoms with Gasteiger partial charge in [0.2, 0.25) is 5.82 Å². The first kappa shape index (κ1) is 25.9. The Morgan fingerprint density at radius 2 is 2.11 bits per heavy atom. The van der Waals surface area contributed by atoms with Crippen molar-refractivity contribution in [3.05, 3.63) is 61.5 Å². The highest BCUT2D eigenvalue weighted by molar-refractivity contribution is 7.18. The third-order valence-electron chi connectivity index (χ3n) is 7.25. The first-order valence-corrected chi connectivity index (χ1v) is 13.1. The van der Waals surface area contributed by atoms with E-state index in [0.29, 0.717) is 55.1 Å². The van der Waals surface area contributed by atoms with Crippen molar-refractivity contribution in [3.8, 4) is 0 Å². The molecule has 198 valence electrons.